The third-order valence-corrected chi connectivity index (χ3v) is 8.39. The summed E-state index contributed by atoms with van der Waals surface area (Å²) in [6.45, 7) is 6.71. The van der Waals surface area contributed by atoms with Crippen LogP contribution in [0.4, 0.5) is 4.79 Å². The average Bonchev–Trinajstić information content (AvgIpc) is 3.18. The van der Waals surface area contributed by atoms with Gasteiger partial charge in [0.1, 0.15) is 11.4 Å². The molecule has 1 aliphatic heterocycles. The van der Waals surface area contributed by atoms with Crippen LogP contribution in [0.5, 0.6) is 5.75 Å². The molecular formula is C34H42N4O5. The van der Waals surface area contributed by atoms with Crippen LogP contribution in [0.3, 0.4) is 0 Å². The van der Waals surface area contributed by atoms with Gasteiger partial charge in [-0.25, -0.2) is 4.79 Å². The predicted octanol–water partition coefficient (Wildman–Crippen LogP) is 5.80. The molecular weight excluding hydrogens is 544 g/mol. The number of fused-ring (bicyclic) bond motifs is 2. The van der Waals surface area contributed by atoms with Crippen molar-refractivity contribution in [3.63, 3.8) is 0 Å². The zero-order valence-corrected chi connectivity index (χ0v) is 25.7. The van der Waals surface area contributed by atoms with Crippen molar-refractivity contribution >= 4 is 23.0 Å². The molecule has 3 heterocycles. The Morgan fingerprint density at radius 2 is 1.93 bits per heavy atom. The van der Waals surface area contributed by atoms with E-state index in [1.165, 1.54) is 0 Å². The SMILES string of the molecule is COc1cnc2ccc(=O)n(CCCC3CCC(N(CC4=CC=C5CCC(=O)NC5=C=C4)C(=O)OC(C)(C)C)CC3)c2c1. The summed E-state index contributed by atoms with van der Waals surface area (Å²) in [7, 11) is 1.60. The van der Waals surface area contributed by atoms with Crippen LogP contribution in [-0.4, -0.2) is 51.7 Å². The minimum atomic E-state index is -0.595. The number of hydrogen-bond donors (Lipinski definition) is 1. The number of amides is 2. The lowest BCUT2D eigenvalue weighted by Gasteiger charge is -2.38. The van der Waals surface area contributed by atoms with Crippen molar-refractivity contribution < 1.29 is 19.1 Å². The second-order valence-electron chi connectivity index (χ2n) is 12.7. The van der Waals surface area contributed by atoms with Crippen molar-refractivity contribution in [3.8, 4) is 5.75 Å². The second kappa shape index (κ2) is 13.0. The number of pyridine rings is 2. The summed E-state index contributed by atoms with van der Waals surface area (Å²) in [6.07, 6.45) is 14.2. The number of nitrogens with one attached hydrogen (secondary N) is 1. The molecule has 2 aliphatic carbocycles. The minimum Gasteiger partial charge on any atom is -0.495 e. The molecule has 43 heavy (non-hydrogen) atoms. The van der Waals surface area contributed by atoms with Crippen LogP contribution in [0, 0.1) is 5.92 Å². The maximum Gasteiger partial charge on any atom is 0.410 e. The smallest absolute Gasteiger partial charge is 0.410 e. The standard InChI is InChI=1S/C34H42N4O5/c1-34(2,3)43-33(41)38(22-24-7-11-25-12-17-31(39)36-28(25)15-10-24)26-13-8-23(9-14-26)6-5-19-37-30-20-27(42-4)21-35-29(30)16-18-32(37)40/h7,10-11,16,18,20-21,23,26H,5-6,8-9,12-14,17,19,22H2,1-4H3,(H,36,39). The number of nitrogens with zero attached hydrogens (tertiary/aromatic N) is 3. The molecule has 9 nitrogen and oxygen atoms in total. The number of aromatic nitrogens is 2. The highest BCUT2D eigenvalue weighted by molar-refractivity contribution is 5.81. The van der Waals surface area contributed by atoms with Gasteiger partial charge in [-0.15, -0.1) is 0 Å². The molecule has 2 aromatic heterocycles. The molecule has 2 fully saturated rings. The number of carbonyl (C=O) groups is 2. The largest absolute Gasteiger partial charge is 0.495 e. The minimum absolute atomic E-state index is 0.00469. The molecule has 0 spiro atoms. The van der Waals surface area contributed by atoms with Crippen molar-refractivity contribution in [2.45, 2.75) is 90.3 Å². The topological polar surface area (TPSA) is 103 Å². The van der Waals surface area contributed by atoms with Gasteiger partial charge in [0, 0.05) is 37.7 Å². The van der Waals surface area contributed by atoms with Gasteiger partial charge in [0.15, 0.2) is 0 Å². The zero-order chi connectivity index (χ0) is 30.6. The number of methoxy groups -OCH3 is 1. The third-order valence-electron chi connectivity index (χ3n) is 8.39. The summed E-state index contributed by atoms with van der Waals surface area (Å²) in [5, 5.41) is 2.90. The normalized spacial score (nSPS) is 20.3. The van der Waals surface area contributed by atoms with Crippen LogP contribution in [0.15, 0.2) is 70.0 Å². The fourth-order valence-electron chi connectivity index (χ4n) is 6.10. The number of aryl methyl sites for hydroxylation is 1. The maximum atomic E-state index is 13.4. The molecule has 0 unspecified atom stereocenters. The summed E-state index contributed by atoms with van der Waals surface area (Å²) in [6, 6.07) is 5.28. The predicted molar refractivity (Wildman–Crippen MR) is 166 cm³/mol. The van der Waals surface area contributed by atoms with Crippen LogP contribution < -0.4 is 15.6 Å². The van der Waals surface area contributed by atoms with Gasteiger partial charge in [-0.3, -0.25) is 14.6 Å². The second-order valence-corrected chi connectivity index (χ2v) is 12.7. The Morgan fingerprint density at radius 3 is 2.67 bits per heavy atom. The molecule has 2 aromatic rings. The van der Waals surface area contributed by atoms with Crippen molar-refractivity contribution in [2.75, 3.05) is 13.7 Å². The molecule has 0 atom stereocenters. The number of ether oxygens (including phenoxy) is 2. The van der Waals surface area contributed by atoms with Gasteiger partial charge < -0.3 is 24.3 Å². The van der Waals surface area contributed by atoms with Crippen molar-refractivity contribution in [2.24, 2.45) is 5.92 Å². The van der Waals surface area contributed by atoms with E-state index in [9.17, 15) is 14.4 Å². The Hall–Kier alpha value is -4.10. The first-order valence-electron chi connectivity index (χ1n) is 15.3. The molecule has 0 aromatic carbocycles. The molecule has 5 rings (SSSR count). The van der Waals surface area contributed by atoms with Crippen LogP contribution in [0.1, 0.15) is 72.1 Å². The lowest BCUT2D eigenvalue weighted by atomic mass is 9.82. The molecule has 0 bridgehead atoms. The van der Waals surface area contributed by atoms with E-state index in [0.29, 0.717) is 43.3 Å². The highest BCUT2D eigenvalue weighted by Gasteiger charge is 2.32. The highest BCUT2D eigenvalue weighted by atomic mass is 16.6. The van der Waals surface area contributed by atoms with Gasteiger partial charge in [-0.1, -0.05) is 17.9 Å². The van der Waals surface area contributed by atoms with Gasteiger partial charge in [0.25, 0.3) is 5.56 Å². The Balaban J connectivity index is 1.22. The Morgan fingerprint density at radius 1 is 1.14 bits per heavy atom. The highest BCUT2D eigenvalue weighted by Crippen LogP contribution is 2.32. The van der Waals surface area contributed by atoms with E-state index in [4.69, 9.17) is 9.47 Å². The molecule has 2 amide bonds. The fourth-order valence-corrected chi connectivity index (χ4v) is 6.10. The van der Waals surface area contributed by atoms with Crippen molar-refractivity contribution in [1.82, 2.24) is 19.8 Å². The summed E-state index contributed by atoms with van der Waals surface area (Å²) in [4.78, 5) is 44.3. The molecule has 1 saturated heterocycles. The lowest BCUT2D eigenvalue weighted by Crippen LogP contribution is -2.45. The monoisotopic (exact) mass is 586 g/mol. The number of hydrogen-bond acceptors (Lipinski definition) is 6. The van der Waals surface area contributed by atoms with Gasteiger partial charge in [0.2, 0.25) is 5.91 Å². The van der Waals surface area contributed by atoms with E-state index < -0.39 is 5.60 Å². The van der Waals surface area contributed by atoms with E-state index in [-0.39, 0.29) is 23.6 Å². The summed E-state index contributed by atoms with van der Waals surface area (Å²) in [5.74, 6) is 1.17. The summed E-state index contributed by atoms with van der Waals surface area (Å²) >= 11 is 0. The Labute approximate surface area is 252 Å². The van der Waals surface area contributed by atoms with Crippen LogP contribution in [0.2, 0.25) is 0 Å². The molecule has 228 valence electrons. The first-order valence-corrected chi connectivity index (χ1v) is 15.3. The average molecular weight is 587 g/mol. The van der Waals surface area contributed by atoms with E-state index in [1.54, 1.807) is 30.0 Å². The lowest BCUT2D eigenvalue weighted by molar-refractivity contribution is -0.120. The molecule has 0 radical (unpaired) electrons. The maximum absolute atomic E-state index is 13.4. The fraction of sp³-hybridized carbons (Fsp3) is 0.500. The molecule has 1 N–H and O–H groups in total. The molecule has 9 heteroatoms. The summed E-state index contributed by atoms with van der Waals surface area (Å²) < 4.78 is 13.0. The van der Waals surface area contributed by atoms with Crippen LogP contribution >= 0.6 is 0 Å². The van der Waals surface area contributed by atoms with Gasteiger partial charge >= 0.3 is 6.09 Å². The van der Waals surface area contributed by atoms with E-state index in [2.05, 4.69) is 16.0 Å². The van der Waals surface area contributed by atoms with E-state index >= 15 is 0 Å². The quantitative estimate of drug-likeness (QED) is 0.393. The van der Waals surface area contributed by atoms with Gasteiger partial charge in [-0.05, 0) is 94.9 Å². The van der Waals surface area contributed by atoms with Crippen molar-refractivity contribution in [1.29, 1.82) is 0 Å². The van der Waals surface area contributed by atoms with Gasteiger partial charge in [-0.2, -0.15) is 0 Å². The number of rotatable bonds is 8. The number of carbonyl (C=O) groups excluding carboxylic acids is 2. The van der Waals surface area contributed by atoms with E-state index in [0.717, 1.165) is 60.7 Å². The molecule has 3 aliphatic rings. The first-order chi connectivity index (χ1) is 20.6. The van der Waals surface area contributed by atoms with Gasteiger partial charge in [0.05, 0.1) is 30.0 Å². The van der Waals surface area contributed by atoms with Crippen LogP contribution in [0.25, 0.3) is 11.0 Å². The van der Waals surface area contributed by atoms with Crippen LogP contribution in [-0.2, 0) is 16.1 Å². The zero-order valence-electron chi connectivity index (χ0n) is 25.7. The number of allylic oxidation sites excluding steroid dienone is 2. The van der Waals surface area contributed by atoms with Crippen molar-refractivity contribution in [3.05, 3.63) is 75.6 Å². The number of piperidine rings is 1. The first kappa shape index (κ1) is 30.4. The Kier molecular flexibility index (Phi) is 9.21. The Bertz CT molecular complexity index is 1560. The summed E-state index contributed by atoms with van der Waals surface area (Å²) in [5.41, 5.74) is 6.89. The molecule has 1 saturated carbocycles. The third kappa shape index (κ3) is 7.65. The van der Waals surface area contributed by atoms with E-state index in [1.807, 2.05) is 50.0 Å².